The summed E-state index contributed by atoms with van der Waals surface area (Å²) in [7, 11) is -2.93. The fourth-order valence-corrected chi connectivity index (χ4v) is 2.66. The topological polar surface area (TPSA) is 55.4 Å². The molecule has 0 bridgehead atoms. The SMILES string of the molecule is CCCNC(CCS(C)(=O)=O)c1ccc(OCC)cc1. The fourth-order valence-electron chi connectivity index (χ4n) is 2.00. The van der Waals surface area contributed by atoms with Gasteiger partial charge in [-0.1, -0.05) is 19.1 Å². The van der Waals surface area contributed by atoms with Gasteiger partial charge in [0.05, 0.1) is 12.4 Å². The van der Waals surface area contributed by atoms with Crippen molar-refractivity contribution in [1.29, 1.82) is 0 Å². The highest BCUT2D eigenvalue weighted by Crippen LogP contribution is 2.21. The zero-order valence-electron chi connectivity index (χ0n) is 12.6. The van der Waals surface area contributed by atoms with Crippen LogP contribution in [0.2, 0.25) is 0 Å². The van der Waals surface area contributed by atoms with Crippen molar-refractivity contribution in [3.05, 3.63) is 29.8 Å². The van der Waals surface area contributed by atoms with Crippen LogP contribution >= 0.6 is 0 Å². The molecule has 0 saturated heterocycles. The molecule has 114 valence electrons. The van der Waals surface area contributed by atoms with Gasteiger partial charge in [0, 0.05) is 12.3 Å². The second-order valence-electron chi connectivity index (χ2n) is 4.93. The van der Waals surface area contributed by atoms with Gasteiger partial charge in [0.2, 0.25) is 0 Å². The summed E-state index contributed by atoms with van der Waals surface area (Å²) in [5, 5.41) is 3.40. The molecule has 0 aromatic heterocycles. The van der Waals surface area contributed by atoms with Crippen molar-refractivity contribution in [2.75, 3.05) is 25.2 Å². The first-order chi connectivity index (χ1) is 9.46. The molecule has 1 aromatic carbocycles. The lowest BCUT2D eigenvalue weighted by molar-refractivity contribution is 0.340. The number of sulfone groups is 1. The second kappa shape index (κ2) is 8.27. The van der Waals surface area contributed by atoms with Crippen LogP contribution in [-0.2, 0) is 9.84 Å². The molecule has 0 fully saturated rings. The van der Waals surface area contributed by atoms with Crippen LogP contribution in [0.1, 0.15) is 38.3 Å². The molecule has 0 heterocycles. The number of nitrogens with one attached hydrogen (secondary N) is 1. The van der Waals surface area contributed by atoms with E-state index in [0.29, 0.717) is 13.0 Å². The summed E-state index contributed by atoms with van der Waals surface area (Å²) < 4.78 is 28.1. The number of hydrogen-bond acceptors (Lipinski definition) is 4. The maximum Gasteiger partial charge on any atom is 0.147 e. The molecular weight excluding hydrogens is 274 g/mol. The highest BCUT2D eigenvalue weighted by molar-refractivity contribution is 7.90. The van der Waals surface area contributed by atoms with E-state index in [1.54, 1.807) is 0 Å². The predicted molar refractivity (Wildman–Crippen MR) is 83.0 cm³/mol. The van der Waals surface area contributed by atoms with Gasteiger partial charge in [-0.25, -0.2) is 8.42 Å². The van der Waals surface area contributed by atoms with Gasteiger partial charge in [-0.2, -0.15) is 0 Å². The number of hydrogen-bond donors (Lipinski definition) is 1. The van der Waals surface area contributed by atoms with E-state index in [2.05, 4.69) is 12.2 Å². The maximum absolute atomic E-state index is 11.3. The van der Waals surface area contributed by atoms with Gasteiger partial charge in [-0.3, -0.25) is 0 Å². The minimum absolute atomic E-state index is 0.0698. The summed E-state index contributed by atoms with van der Waals surface area (Å²) in [6.45, 7) is 5.57. The van der Waals surface area contributed by atoms with Crippen molar-refractivity contribution < 1.29 is 13.2 Å². The normalized spacial score (nSPS) is 13.2. The lowest BCUT2D eigenvalue weighted by Gasteiger charge is -2.19. The van der Waals surface area contributed by atoms with Gasteiger partial charge >= 0.3 is 0 Å². The number of rotatable bonds is 9. The standard InChI is InChI=1S/C15H25NO3S/c1-4-11-16-15(10-12-20(3,17)18)13-6-8-14(9-7-13)19-5-2/h6-9,15-16H,4-5,10-12H2,1-3H3. The maximum atomic E-state index is 11.3. The first-order valence-electron chi connectivity index (χ1n) is 7.10. The highest BCUT2D eigenvalue weighted by Gasteiger charge is 2.13. The molecule has 1 unspecified atom stereocenters. The quantitative estimate of drug-likeness (QED) is 0.761. The van der Waals surface area contributed by atoms with E-state index in [9.17, 15) is 8.42 Å². The molecule has 1 aromatic rings. The van der Waals surface area contributed by atoms with Gasteiger partial charge < -0.3 is 10.1 Å². The molecule has 0 aliphatic carbocycles. The number of ether oxygens (including phenoxy) is 1. The van der Waals surface area contributed by atoms with E-state index in [1.165, 1.54) is 6.26 Å². The zero-order chi connectivity index (χ0) is 15.0. The molecule has 4 nitrogen and oxygen atoms in total. The smallest absolute Gasteiger partial charge is 0.147 e. The molecule has 0 saturated carbocycles. The van der Waals surface area contributed by atoms with Crippen LogP contribution in [0.4, 0.5) is 0 Å². The average Bonchev–Trinajstić information content (AvgIpc) is 2.39. The Balaban J connectivity index is 2.75. The summed E-state index contributed by atoms with van der Waals surface area (Å²) in [6, 6.07) is 7.93. The summed E-state index contributed by atoms with van der Waals surface area (Å²) >= 11 is 0. The van der Waals surface area contributed by atoms with E-state index in [-0.39, 0.29) is 11.8 Å². The highest BCUT2D eigenvalue weighted by atomic mass is 32.2. The summed E-state index contributed by atoms with van der Waals surface area (Å²) in [5.74, 6) is 1.04. The van der Waals surface area contributed by atoms with Gasteiger partial charge in [0.15, 0.2) is 0 Å². The van der Waals surface area contributed by atoms with Crippen LogP contribution in [0.25, 0.3) is 0 Å². The molecule has 0 spiro atoms. The summed E-state index contributed by atoms with van der Waals surface area (Å²) in [5.41, 5.74) is 1.10. The summed E-state index contributed by atoms with van der Waals surface area (Å²) in [4.78, 5) is 0. The van der Waals surface area contributed by atoms with E-state index in [0.717, 1.165) is 24.3 Å². The zero-order valence-corrected chi connectivity index (χ0v) is 13.4. The van der Waals surface area contributed by atoms with E-state index in [1.807, 2.05) is 31.2 Å². The average molecular weight is 299 g/mol. The molecule has 20 heavy (non-hydrogen) atoms. The van der Waals surface area contributed by atoms with Gasteiger partial charge in [-0.15, -0.1) is 0 Å². The third-order valence-electron chi connectivity index (χ3n) is 3.01. The van der Waals surface area contributed by atoms with Crippen molar-refractivity contribution in [2.45, 2.75) is 32.7 Å². The minimum Gasteiger partial charge on any atom is -0.494 e. The van der Waals surface area contributed by atoms with Crippen molar-refractivity contribution in [2.24, 2.45) is 0 Å². The van der Waals surface area contributed by atoms with E-state index in [4.69, 9.17) is 4.74 Å². The van der Waals surface area contributed by atoms with Crippen molar-refractivity contribution >= 4 is 9.84 Å². The Morgan fingerprint density at radius 2 is 1.85 bits per heavy atom. The predicted octanol–water partition coefficient (Wildman–Crippen LogP) is 2.56. The van der Waals surface area contributed by atoms with Crippen molar-refractivity contribution in [3.8, 4) is 5.75 Å². The van der Waals surface area contributed by atoms with Gasteiger partial charge in [0.1, 0.15) is 15.6 Å². The third kappa shape index (κ3) is 6.39. The second-order valence-corrected chi connectivity index (χ2v) is 7.19. The Morgan fingerprint density at radius 1 is 1.20 bits per heavy atom. The molecule has 1 rings (SSSR count). The molecule has 0 aliphatic rings. The molecule has 1 atom stereocenters. The Kier molecular flexibility index (Phi) is 7.02. The van der Waals surface area contributed by atoms with E-state index >= 15 is 0 Å². The Hall–Kier alpha value is -1.07. The van der Waals surface area contributed by atoms with Crippen LogP contribution in [0.15, 0.2) is 24.3 Å². The fraction of sp³-hybridized carbons (Fsp3) is 0.600. The molecule has 0 radical (unpaired) electrons. The largest absolute Gasteiger partial charge is 0.494 e. The first-order valence-corrected chi connectivity index (χ1v) is 9.16. The summed E-state index contributed by atoms with van der Waals surface area (Å²) in [6.07, 6.45) is 2.89. The van der Waals surface area contributed by atoms with Gasteiger partial charge in [0.25, 0.3) is 0 Å². The number of benzene rings is 1. The third-order valence-corrected chi connectivity index (χ3v) is 3.99. The lowest BCUT2D eigenvalue weighted by atomic mass is 10.0. The molecule has 0 amide bonds. The van der Waals surface area contributed by atoms with E-state index < -0.39 is 9.84 Å². The molecule has 5 heteroatoms. The Bertz CT molecular complexity index is 482. The van der Waals surface area contributed by atoms with Crippen LogP contribution < -0.4 is 10.1 Å². The van der Waals surface area contributed by atoms with Crippen LogP contribution in [0.5, 0.6) is 5.75 Å². The molecular formula is C15H25NO3S. The van der Waals surface area contributed by atoms with Crippen molar-refractivity contribution in [1.82, 2.24) is 5.32 Å². The first kappa shape index (κ1) is 17.0. The molecule has 0 aliphatic heterocycles. The monoisotopic (exact) mass is 299 g/mol. The van der Waals surface area contributed by atoms with Crippen LogP contribution in [0, 0.1) is 0 Å². The van der Waals surface area contributed by atoms with Crippen LogP contribution in [-0.4, -0.2) is 33.6 Å². The van der Waals surface area contributed by atoms with Gasteiger partial charge in [-0.05, 0) is 44.0 Å². The van der Waals surface area contributed by atoms with Crippen LogP contribution in [0.3, 0.4) is 0 Å². The Morgan fingerprint density at radius 3 is 2.35 bits per heavy atom. The lowest BCUT2D eigenvalue weighted by Crippen LogP contribution is -2.24. The minimum atomic E-state index is -2.93. The Labute approximate surface area is 122 Å². The van der Waals surface area contributed by atoms with Crippen molar-refractivity contribution in [3.63, 3.8) is 0 Å². The molecule has 1 N–H and O–H groups in total.